The third-order valence-corrected chi connectivity index (χ3v) is 9.28. The summed E-state index contributed by atoms with van der Waals surface area (Å²) < 4.78 is 63.2. The third-order valence-electron chi connectivity index (χ3n) is 7.18. The van der Waals surface area contributed by atoms with E-state index in [-0.39, 0.29) is 59.6 Å². The van der Waals surface area contributed by atoms with Crippen molar-refractivity contribution in [1.29, 1.82) is 0 Å². The predicted octanol–water partition coefficient (Wildman–Crippen LogP) is 3.34. The summed E-state index contributed by atoms with van der Waals surface area (Å²) in [6, 6.07) is 8.42. The number of anilines is 2. The van der Waals surface area contributed by atoms with E-state index >= 15 is 8.78 Å². The summed E-state index contributed by atoms with van der Waals surface area (Å²) in [6.07, 6.45) is 2.15. The van der Waals surface area contributed by atoms with Gasteiger partial charge in [-0.3, -0.25) is 9.78 Å². The molecule has 1 aromatic carbocycles. The topological polar surface area (TPSA) is 126 Å². The molecule has 11 nitrogen and oxygen atoms in total. The third kappa shape index (κ3) is 5.78. The van der Waals surface area contributed by atoms with Crippen molar-refractivity contribution in [3.05, 3.63) is 70.9 Å². The van der Waals surface area contributed by atoms with Gasteiger partial charge in [0.15, 0.2) is 5.69 Å². The molecule has 15 heteroatoms. The number of piperazine rings is 1. The van der Waals surface area contributed by atoms with Crippen molar-refractivity contribution in [3.8, 4) is 0 Å². The van der Waals surface area contributed by atoms with E-state index in [0.717, 1.165) is 25.6 Å². The molecule has 42 heavy (non-hydrogen) atoms. The van der Waals surface area contributed by atoms with Crippen LogP contribution in [0.2, 0.25) is 5.15 Å². The quantitative estimate of drug-likeness (QED) is 0.289. The number of sulfonamides is 1. The van der Waals surface area contributed by atoms with Crippen molar-refractivity contribution in [1.82, 2.24) is 19.3 Å². The van der Waals surface area contributed by atoms with Gasteiger partial charge in [-0.05, 0) is 42.3 Å². The molecule has 1 amide bonds. The summed E-state index contributed by atoms with van der Waals surface area (Å²) in [4.78, 5) is 38.8. The number of pyridine rings is 1. The first-order valence-corrected chi connectivity index (χ1v) is 14.8. The highest BCUT2D eigenvalue weighted by atomic mass is 35.5. The molecular formula is C27H27ClF2N6O5S. The van der Waals surface area contributed by atoms with Gasteiger partial charge in [0, 0.05) is 50.4 Å². The number of aromatic nitrogens is 3. The van der Waals surface area contributed by atoms with Crippen LogP contribution < -0.4 is 9.80 Å². The molecule has 0 bridgehead atoms. The zero-order valence-corrected chi connectivity index (χ0v) is 24.3. The molecule has 222 valence electrons. The molecule has 5 rings (SSSR count). The summed E-state index contributed by atoms with van der Waals surface area (Å²) in [6.45, 7) is 3.13. The Labute approximate surface area is 246 Å². The summed E-state index contributed by atoms with van der Waals surface area (Å²) in [5.41, 5.74) is -0.753. The van der Waals surface area contributed by atoms with Gasteiger partial charge in [-0.15, -0.1) is 0 Å². The average Bonchev–Trinajstić information content (AvgIpc) is 3.34. The standard InChI is InChI=1S/C27H27ClF2N6O5S/c1-17-11-25(37)36(16-17)19-3-5-20(6-4-19)42(39,40)35-9-7-34(8-10-35)24-13-18(12-23(28)33-24)27(29,30)22-15-31-21(14-32-22)26(38)41-2/h3-6,12-15,17H,7-11,16H2,1-2H3/t17-/m1/s1. The minimum absolute atomic E-state index is 0.00849. The highest BCUT2D eigenvalue weighted by Gasteiger charge is 2.38. The minimum Gasteiger partial charge on any atom is -0.464 e. The van der Waals surface area contributed by atoms with Crippen LogP contribution >= 0.6 is 11.6 Å². The highest BCUT2D eigenvalue weighted by molar-refractivity contribution is 7.89. The smallest absolute Gasteiger partial charge is 0.358 e. The molecule has 2 aliphatic heterocycles. The van der Waals surface area contributed by atoms with Gasteiger partial charge in [0.05, 0.1) is 24.4 Å². The normalized spacial score (nSPS) is 18.4. The van der Waals surface area contributed by atoms with Gasteiger partial charge < -0.3 is 14.5 Å². The number of carbonyl (C=O) groups excluding carboxylic acids is 2. The van der Waals surface area contributed by atoms with Crippen molar-refractivity contribution < 1.29 is 31.5 Å². The van der Waals surface area contributed by atoms with Crippen LogP contribution in [0.15, 0.2) is 53.7 Å². The lowest BCUT2D eigenvalue weighted by atomic mass is 10.1. The van der Waals surface area contributed by atoms with E-state index in [1.165, 1.54) is 22.5 Å². The lowest BCUT2D eigenvalue weighted by molar-refractivity contribution is -0.117. The van der Waals surface area contributed by atoms with E-state index in [1.54, 1.807) is 21.9 Å². The predicted molar refractivity (Wildman–Crippen MR) is 149 cm³/mol. The maximum atomic E-state index is 15.4. The van der Waals surface area contributed by atoms with Gasteiger partial charge in [0.25, 0.3) is 0 Å². The fourth-order valence-electron chi connectivity index (χ4n) is 4.91. The monoisotopic (exact) mass is 620 g/mol. The Balaban J connectivity index is 1.28. The molecule has 4 heterocycles. The van der Waals surface area contributed by atoms with E-state index in [1.807, 2.05) is 6.92 Å². The molecule has 0 aliphatic carbocycles. The highest BCUT2D eigenvalue weighted by Crippen LogP contribution is 2.37. The number of hydrogen-bond donors (Lipinski definition) is 0. The number of carbonyl (C=O) groups is 2. The lowest BCUT2D eigenvalue weighted by Gasteiger charge is -2.35. The number of ether oxygens (including phenoxy) is 1. The lowest BCUT2D eigenvalue weighted by Crippen LogP contribution is -2.49. The maximum Gasteiger partial charge on any atom is 0.358 e. The molecule has 0 spiro atoms. The molecule has 2 aliphatic rings. The number of amides is 1. The van der Waals surface area contributed by atoms with Crippen LogP contribution in [-0.2, 0) is 25.5 Å². The van der Waals surface area contributed by atoms with Crippen molar-refractivity contribution in [2.75, 3.05) is 49.6 Å². The van der Waals surface area contributed by atoms with Gasteiger partial charge in [-0.2, -0.15) is 13.1 Å². The van der Waals surface area contributed by atoms with E-state index in [0.29, 0.717) is 18.7 Å². The number of esters is 1. The Kier molecular flexibility index (Phi) is 8.14. The largest absolute Gasteiger partial charge is 0.464 e. The summed E-state index contributed by atoms with van der Waals surface area (Å²) in [7, 11) is -2.69. The van der Waals surface area contributed by atoms with Crippen molar-refractivity contribution in [2.24, 2.45) is 5.92 Å². The zero-order chi connectivity index (χ0) is 30.2. The van der Waals surface area contributed by atoms with E-state index in [9.17, 15) is 18.0 Å². The Hall–Kier alpha value is -3.75. The fourth-order valence-corrected chi connectivity index (χ4v) is 6.54. The second-order valence-electron chi connectivity index (χ2n) is 10.1. The first kappa shape index (κ1) is 29.7. The SMILES string of the molecule is COC(=O)c1cnc(C(F)(F)c2cc(Cl)nc(N3CCN(S(=O)(=O)c4ccc(N5C[C@H](C)CC5=O)cc4)CC3)c2)cn1. The molecule has 2 aromatic heterocycles. The number of halogens is 3. The van der Waals surface area contributed by atoms with Gasteiger partial charge in [-0.1, -0.05) is 18.5 Å². The maximum absolute atomic E-state index is 15.4. The van der Waals surface area contributed by atoms with Crippen LogP contribution in [0.1, 0.15) is 35.1 Å². The number of alkyl halides is 2. The van der Waals surface area contributed by atoms with Crippen LogP contribution in [0.4, 0.5) is 20.3 Å². The molecule has 2 saturated heterocycles. The number of hydrogen-bond acceptors (Lipinski definition) is 9. The van der Waals surface area contributed by atoms with Crippen LogP contribution in [0, 0.1) is 5.92 Å². The molecule has 3 aromatic rings. The second kappa shape index (κ2) is 11.5. The Morgan fingerprint density at radius 1 is 1.07 bits per heavy atom. The van der Waals surface area contributed by atoms with Gasteiger partial charge >= 0.3 is 11.9 Å². The van der Waals surface area contributed by atoms with Crippen LogP contribution in [0.3, 0.4) is 0 Å². The summed E-state index contributed by atoms with van der Waals surface area (Å²) >= 11 is 6.11. The van der Waals surface area contributed by atoms with Crippen LogP contribution in [0.5, 0.6) is 0 Å². The molecule has 0 radical (unpaired) electrons. The number of benzene rings is 1. The Morgan fingerprint density at radius 2 is 1.76 bits per heavy atom. The van der Waals surface area contributed by atoms with E-state index in [2.05, 4.69) is 19.7 Å². The Morgan fingerprint density at radius 3 is 2.33 bits per heavy atom. The van der Waals surface area contributed by atoms with Crippen molar-refractivity contribution >= 4 is 45.0 Å². The van der Waals surface area contributed by atoms with Crippen LogP contribution in [0.25, 0.3) is 0 Å². The van der Waals surface area contributed by atoms with Gasteiger partial charge in [-0.25, -0.2) is 23.2 Å². The van der Waals surface area contributed by atoms with Gasteiger partial charge in [0.2, 0.25) is 15.9 Å². The molecular weight excluding hydrogens is 594 g/mol. The summed E-state index contributed by atoms with van der Waals surface area (Å²) in [5.74, 6) is -4.02. The first-order chi connectivity index (χ1) is 19.9. The first-order valence-electron chi connectivity index (χ1n) is 13.0. The molecule has 0 unspecified atom stereocenters. The molecule has 0 saturated carbocycles. The van der Waals surface area contributed by atoms with Gasteiger partial charge in [0.1, 0.15) is 16.7 Å². The van der Waals surface area contributed by atoms with E-state index in [4.69, 9.17) is 11.6 Å². The Bertz CT molecular complexity index is 1600. The number of rotatable bonds is 7. The number of nitrogens with zero attached hydrogens (tertiary/aromatic N) is 6. The summed E-state index contributed by atoms with van der Waals surface area (Å²) in [5, 5.41) is -0.178. The molecule has 2 fully saturated rings. The van der Waals surface area contributed by atoms with E-state index < -0.39 is 33.2 Å². The minimum atomic E-state index is -3.83. The second-order valence-corrected chi connectivity index (χ2v) is 12.4. The van der Waals surface area contributed by atoms with Crippen LogP contribution in [-0.4, -0.2) is 79.4 Å². The zero-order valence-electron chi connectivity index (χ0n) is 22.7. The molecule has 1 atom stereocenters. The number of methoxy groups -OCH3 is 1. The molecule has 0 N–H and O–H groups in total. The van der Waals surface area contributed by atoms with Crippen molar-refractivity contribution in [3.63, 3.8) is 0 Å². The average molecular weight is 621 g/mol. The van der Waals surface area contributed by atoms with Crippen molar-refractivity contribution in [2.45, 2.75) is 24.2 Å². The fraction of sp³-hybridized carbons (Fsp3) is 0.370.